The topological polar surface area (TPSA) is 47.6 Å². The number of hydrogen-bond donors (Lipinski definition) is 1. The van der Waals surface area contributed by atoms with Gasteiger partial charge in [0.1, 0.15) is 6.61 Å². The number of carbonyl (C=O) groups is 1. The molecule has 6 heteroatoms. The van der Waals surface area contributed by atoms with Crippen LogP contribution in [0, 0.1) is 6.92 Å². The Hall–Kier alpha value is -2.95. The van der Waals surface area contributed by atoms with Crippen LogP contribution >= 0.6 is 23.2 Å². The van der Waals surface area contributed by atoms with Crippen LogP contribution in [0.5, 0.6) is 11.5 Å². The molecular weight excluding hydrogens is 421 g/mol. The third-order valence-corrected chi connectivity index (χ3v) is 5.04. The summed E-state index contributed by atoms with van der Waals surface area (Å²) >= 11 is 12.0. The zero-order chi connectivity index (χ0) is 21.5. The number of benzene rings is 3. The summed E-state index contributed by atoms with van der Waals surface area (Å²) in [7, 11) is 1.58. The number of hydrogen-bond acceptors (Lipinski definition) is 3. The number of aryl methyl sites for hydroxylation is 1. The van der Waals surface area contributed by atoms with Gasteiger partial charge in [0, 0.05) is 27.4 Å². The van der Waals surface area contributed by atoms with Gasteiger partial charge in [0.25, 0.3) is 0 Å². The lowest BCUT2D eigenvalue weighted by atomic mass is 10.1. The van der Waals surface area contributed by atoms with E-state index in [2.05, 4.69) is 5.32 Å². The first-order valence-electron chi connectivity index (χ1n) is 9.25. The van der Waals surface area contributed by atoms with Gasteiger partial charge in [-0.3, -0.25) is 4.79 Å². The Labute approximate surface area is 186 Å². The Morgan fingerprint density at radius 3 is 2.53 bits per heavy atom. The van der Waals surface area contributed by atoms with Crippen molar-refractivity contribution in [2.75, 3.05) is 12.4 Å². The van der Waals surface area contributed by atoms with Gasteiger partial charge < -0.3 is 14.8 Å². The molecule has 0 unspecified atom stereocenters. The van der Waals surface area contributed by atoms with Crippen LogP contribution < -0.4 is 14.8 Å². The van der Waals surface area contributed by atoms with Gasteiger partial charge in [0.2, 0.25) is 5.91 Å². The van der Waals surface area contributed by atoms with E-state index >= 15 is 0 Å². The van der Waals surface area contributed by atoms with Crippen LogP contribution in [0.2, 0.25) is 10.0 Å². The molecule has 0 radical (unpaired) electrons. The van der Waals surface area contributed by atoms with E-state index in [0.717, 1.165) is 16.7 Å². The molecule has 0 fully saturated rings. The zero-order valence-corrected chi connectivity index (χ0v) is 18.1. The summed E-state index contributed by atoms with van der Waals surface area (Å²) in [6.45, 7) is 2.24. The molecule has 4 nitrogen and oxygen atoms in total. The molecule has 1 amide bonds. The van der Waals surface area contributed by atoms with Gasteiger partial charge in [-0.15, -0.1) is 0 Å². The molecule has 0 heterocycles. The molecule has 0 aromatic heterocycles. The van der Waals surface area contributed by atoms with Gasteiger partial charge in [-0.05, 0) is 54.5 Å². The maximum Gasteiger partial charge on any atom is 0.248 e. The third kappa shape index (κ3) is 5.78. The summed E-state index contributed by atoms with van der Waals surface area (Å²) in [5.74, 6) is 0.857. The van der Waals surface area contributed by atoms with Gasteiger partial charge in [-0.25, -0.2) is 0 Å². The van der Waals surface area contributed by atoms with Crippen molar-refractivity contribution in [3.8, 4) is 11.5 Å². The Bertz CT molecular complexity index is 1060. The molecule has 30 heavy (non-hydrogen) atoms. The van der Waals surface area contributed by atoms with Crippen LogP contribution in [-0.2, 0) is 11.4 Å². The Balaban J connectivity index is 1.74. The Morgan fingerprint density at radius 2 is 1.83 bits per heavy atom. The number of methoxy groups -OCH3 is 1. The highest BCUT2D eigenvalue weighted by molar-refractivity contribution is 6.31. The summed E-state index contributed by atoms with van der Waals surface area (Å²) in [4.78, 5) is 12.3. The molecule has 0 aliphatic rings. The number of carbonyl (C=O) groups excluding carboxylic acids is 1. The molecule has 154 valence electrons. The monoisotopic (exact) mass is 441 g/mol. The number of halogens is 2. The first-order valence-corrected chi connectivity index (χ1v) is 10.0. The lowest BCUT2D eigenvalue weighted by Crippen LogP contribution is -2.07. The molecule has 3 aromatic rings. The second-order valence-electron chi connectivity index (χ2n) is 6.58. The molecule has 0 spiro atoms. The van der Waals surface area contributed by atoms with Gasteiger partial charge in [-0.1, -0.05) is 53.5 Å². The Morgan fingerprint density at radius 1 is 1.07 bits per heavy atom. The van der Waals surface area contributed by atoms with Crippen molar-refractivity contribution in [3.63, 3.8) is 0 Å². The van der Waals surface area contributed by atoms with Crippen molar-refractivity contribution >= 4 is 40.9 Å². The van der Waals surface area contributed by atoms with E-state index in [1.807, 2.05) is 55.5 Å². The highest BCUT2D eigenvalue weighted by atomic mass is 35.5. The molecule has 3 aromatic carbocycles. The summed E-state index contributed by atoms with van der Waals surface area (Å²) in [6, 6.07) is 18.3. The van der Waals surface area contributed by atoms with Crippen molar-refractivity contribution in [1.29, 1.82) is 0 Å². The fraction of sp³-hybridized carbons (Fsp3) is 0.125. The Kier molecular flexibility index (Phi) is 7.39. The first kappa shape index (κ1) is 21.8. The van der Waals surface area contributed by atoms with Crippen molar-refractivity contribution in [3.05, 3.63) is 93.5 Å². The molecule has 0 saturated heterocycles. The minimum Gasteiger partial charge on any atom is -0.493 e. The first-order chi connectivity index (χ1) is 14.5. The van der Waals surface area contributed by atoms with Crippen molar-refractivity contribution < 1.29 is 14.3 Å². The van der Waals surface area contributed by atoms with E-state index in [-0.39, 0.29) is 5.91 Å². The maximum atomic E-state index is 12.3. The van der Waals surface area contributed by atoms with Crippen molar-refractivity contribution in [1.82, 2.24) is 0 Å². The molecule has 0 bridgehead atoms. The van der Waals surface area contributed by atoms with E-state index in [9.17, 15) is 4.79 Å². The fourth-order valence-corrected chi connectivity index (χ4v) is 3.04. The molecule has 0 aliphatic heterocycles. The number of nitrogens with one attached hydrogen (secondary N) is 1. The summed E-state index contributed by atoms with van der Waals surface area (Å²) < 4.78 is 11.4. The van der Waals surface area contributed by atoms with E-state index < -0.39 is 0 Å². The van der Waals surface area contributed by atoms with E-state index in [1.54, 1.807) is 25.3 Å². The largest absolute Gasteiger partial charge is 0.493 e. The predicted molar refractivity (Wildman–Crippen MR) is 123 cm³/mol. The summed E-state index contributed by atoms with van der Waals surface area (Å²) in [5, 5.41) is 4.06. The average Bonchev–Trinajstić information content (AvgIpc) is 2.74. The van der Waals surface area contributed by atoms with E-state index in [1.165, 1.54) is 6.08 Å². The van der Waals surface area contributed by atoms with Crippen molar-refractivity contribution in [2.24, 2.45) is 0 Å². The van der Waals surface area contributed by atoms with Crippen LogP contribution in [0.15, 0.2) is 66.7 Å². The van der Waals surface area contributed by atoms with Crippen LogP contribution in [-0.4, -0.2) is 13.0 Å². The summed E-state index contributed by atoms with van der Waals surface area (Å²) in [6.07, 6.45) is 3.13. The van der Waals surface area contributed by atoms with Gasteiger partial charge >= 0.3 is 0 Å². The van der Waals surface area contributed by atoms with E-state index in [0.29, 0.717) is 33.8 Å². The molecular formula is C24H21Cl2NO3. The number of para-hydroxylation sites is 1. The molecule has 3 rings (SSSR count). The van der Waals surface area contributed by atoms with E-state index in [4.69, 9.17) is 32.7 Å². The second kappa shape index (κ2) is 10.2. The third-order valence-electron chi connectivity index (χ3n) is 4.38. The quantitative estimate of drug-likeness (QED) is 0.423. The molecule has 0 atom stereocenters. The van der Waals surface area contributed by atoms with Gasteiger partial charge in [-0.2, -0.15) is 0 Å². The van der Waals surface area contributed by atoms with Crippen LogP contribution in [0.3, 0.4) is 0 Å². The molecule has 0 aliphatic carbocycles. The number of rotatable bonds is 7. The SMILES string of the molecule is COc1cccc(/C=C/C(=O)Nc2ccc(C)c(Cl)c2)c1OCc1ccc(Cl)cc1. The van der Waals surface area contributed by atoms with Crippen LogP contribution in [0.4, 0.5) is 5.69 Å². The highest BCUT2D eigenvalue weighted by Crippen LogP contribution is 2.33. The minimum atomic E-state index is -0.276. The van der Waals surface area contributed by atoms with Crippen LogP contribution in [0.1, 0.15) is 16.7 Å². The lowest BCUT2D eigenvalue weighted by Gasteiger charge is -2.13. The number of ether oxygens (including phenoxy) is 2. The minimum absolute atomic E-state index is 0.276. The smallest absolute Gasteiger partial charge is 0.248 e. The summed E-state index contributed by atoms with van der Waals surface area (Å²) in [5.41, 5.74) is 3.27. The second-order valence-corrected chi connectivity index (χ2v) is 7.42. The van der Waals surface area contributed by atoms with Gasteiger partial charge in [0.15, 0.2) is 11.5 Å². The normalized spacial score (nSPS) is 10.8. The van der Waals surface area contributed by atoms with Crippen molar-refractivity contribution in [2.45, 2.75) is 13.5 Å². The fourth-order valence-electron chi connectivity index (χ4n) is 2.74. The number of amides is 1. The zero-order valence-electron chi connectivity index (χ0n) is 16.6. The maximum absolute atomic E-state index is 12.3. The predicted octanol–water partition coefficient (Wildman–Crippen LogP) is 6.54. The number of anilines is 1. The average molecular weight is 442 g/mol. The highest BCUT2D eigenvalue weighted by Gasteiger charge is 2.10. The lowest BCUT2D eigenvalue weighted by molar-refractivity contribution is -0.111. The van der Waals surface area contributed by atoms with Gasteiger partial charge in [0.05, 0.1) is 7.11 Å². The molecule has 0 saturated carbocycles. The van der Waals surface area contributed by atoms with Crippen LogP contribution in [0.25, 0.3) is 6.08 Å². The standard InChI is InChI=1S/C24H21Cl2NO3/c1-16-6-12-20(14-21(16)26)27-23(28)13-9-18-4-3-5-22(29-2)24(18)30-15-17-7-10-19(25)11-8-17/h3-14H,15H2,1-2H3,(H,27,28)/b13-9+. The molecule has 1 N–H and O–H groups in total.